The summed E-state index contributed by atoms with van der Waals surface area (Å²) in [6, 6.07) is 5.75. The Bertz CT molecular complexity index is 786. The molecule has 0 radical (unpaired) electrons. The Morgan fingerprint density at radius 1 is 1.38 bits per heavy atom. The van der Waals surface area contributed by atoms with E-state index in [1.807, 2.05) is 11.4 Å². The molecule has 1 aromatic carbocycles. The lowest BCUT2D eigenvalue weighted by atomic mass is 10.2. The van der Waals surface area contributed by atoms with Gasteiger partial charge in [-0.2, -0.15) is 0 Å². The van der Waals surface area contributed by atoms with E-state index in [1.165, 1.54) is 23.5 Å². The van der Waals surface area contributed by atoms with E-state index in [1.54, 1.807) is 0 Å². The zero-order valence-electron chi connectivity index (χ0n) is 10.9. The van der Waals surface area contributed by atoms with E-state index in [0.717, 1.165) is 21.7 Å². The third kappa shape index (κ3) is 4.02. The standard InChI is InChI=1S/C12H11BrN2O4S2/c1-21(18,19)10-2-3-11(12(5-10)15(16)17)14-6-9-4-8(13)7-20-9/h2-5,7,14H,6H2,1H3. The second kappa shape index (κ2) is 6.12. The Morgan fingerprint density at radius 3 is 2.62 bits per heavy atom. The highest BCUT2D eigenvalue weighted by Gasteiger charge is 2.18. The van der Waals surface area contributed by atoms with Gasteiger partial charge in [-0.05, 0) is 34.1 Å². The second-order valence-corrected chi connectivity index (χ2v) is 8.22. The molecule has 1 N–H and O–H groups in total. The molecule has 0 saturated heterocycles. The van der Waals surface area contributed by atoms with Crippen LogP contribution in [0.25, 0.3) is 0 Å². The van der Waals surface area contributed by atoms with Gasteiger partial charge < -0.3 is 5.32 Å². The minimum Gasteiger partial charge on any atom is -0.375 e. The van der Waals surface area contributed by atoms with Gasteiger partial charge in [0.2, 0.25) is 0 Å². The SMILES string of the molecule is CS(=O)(=O)c1ccc(NCc2cc(Br)cs2)c([N+](=O)[O-])c1. The highest BCUT2D eigenvalue weighted by Crippen LogP contribution is 2.29. The monoisotopic (exact) mass is 390 g/mol. The van der Waals surface area contributed by atoms with Gasteiger partial charge in [-0.25, -0.2) is 8.42 Å². The quantitative estimate of drug-likeness (QED) is 0.623. The van der Waals surface area contributed by atoms with Crippen LogP contribution in [-0.4, -0.2) is 19.6 Å². The van der Waals surface area contributed by atoms with Gasteiger partial charge in [0.05, 0.1) is 9.82 Å². The van der Waals surface area contributed by atoms with Crippen LogP contribution in [0.4, 0.5) is 11.4 Å². The van der Waals surface area contributed by atoms with Gasteiger partial charge in [0, 0.05) is 33.6 Å². The van der Waals surface area contributed by atoms with Crippen LogP contribution in [0.1, 0.15) is 4.88 Å². The number of nitro benzene ring substituents is 1. The molecule has 0 aliphatic heterocycles. The van der Waals surface area contributed by atoms with E-state index >= 15 is 0 Å². The molecule has 0 saturated carbocycles. The third-order valence-corrected chi connectivity index (χ3v) is 5.48. The highest BCUT2D eigenvalue weighted by molar-refractivity contribution is 9.10. The largest absolute Gasteiger partial charge is 0.375 e. The fraction of sp³-hybridized carbons (Fsp3) is 0.167. The van der Waals surface area contributed by atoms with Gasteiger partial charge in [0.1, 0.15) is 5.69 Å². The van der Waals surface area contributed by atoms with Crippen LogP contribution in [0.5, 0.6) is 0 Å². The first-order valence-corrected chi connectivity index (χ1v) is 9.29. The minimum atomic E-state index is -3.48. The smallest absolute Gasteiger partial charge is 0.293 e. The zero-order valence-corrected chi connectivity index (χ0v) is 14.1. The van der Waals surface area contributed by atoms with E-state index in [9.17, 15) is 18.5 Å². The fourth-order valence-electron chi connectivity index (χ4n) is 1.67. The lowest BCUT2D eigenvalue weighted by Crippen LogP contribution is -2.04. The van der Waals surface area contributed by atoms with Gasteiger partial charge >= 0.3 is 0 Å². The normalized spacial score (nSPS) is 11.3. The van der Waals surface area contributed by atoms with Crippen LogP contribution >= 0.6 is 27.3 Å². The molecule has 2 rings (SSSR count). The molecule has 0 unspecified atom stereocenters. The van der Waals surface area contributed by atoms with Crippen molar-refractivity contribution in [1.29, 1.82) is 0 Å². The first-order valence-electron chi connectivity index (χ1n) is 5.72. The molecule has 0 aliphatic rings. The number of nitrogens with one attached hydrogen (secondary N) is 1. The average Bonchev–Trinajstić information content (AvgIpc) is 2.80. The number of anilines is 1. The van der Waals surface area contributed by atoms with Gasteiger partial charge in [-0.1, -0.05) is 0 Å². The van der Waals surface area contributed by atoms with Gasteiger partial charge in [0.25, 0.3) is 5.69 Å². The molecule has 0 aliphatic carbocycles. The number of rotatable bonds is 5. The van der Waals surface area contributed by atoms with Crippen LogP contribution in [0.15, 0.2) is 39.0 Å². The number of hydrogen-bond acceptors (Lipinski definition) is 6. The molecule has 1 heterocycles. The first kappa shape index (κ1) is 15.9. The summed E-state index contributed by atoms with van der Waals surface area (Å²) in [5, 5.41) is 16.0. The van der Waals surface area contributed by atoms with Crippen molar-refractivity contribution < 1.29 is 13.3 Å². The van der Waals surface area contributed by atoms with Crippen LogP contribution in [0.2, 0.25) is 0 Å². The molecule has 0 bridgehead atoms. The molecule has 0 fully saturated rings. The van der Waals surface area contributed by atoms with Gasteiger partial charge in [-0.3, -0.25) is 10.1 Å². The molecule has 0 spiro atoms. The summed E-state index contributed by atoms with van der Waals surface area (Å²) in [4.78, 5) is 11.4. The molecule has 112 valence electrons. The van der Waals surface area contributed by atoms with Crippen molar-refractivity contribution in [3.05, 3.63) is 49.1 Å². The third-order valence-electron chi connectivity index (χ3n) is 2.67. The maximum Gasteiger partial charge on any atom is 0.293 e. The maximum atomic E-state index is 11.5. The summed E-state index contributed by atoms with van der Waals surface area (Å²) in [5.41, 5.74) is 0.0328. The van der Waals surface area contributed by atoms with Gasteiger partial charge in [-0.15, -0.1) is 11.3 Å². The number of halogens is 1. The number of nitrogens with zero attached hydrogens (tertiary/aromatic N) is 1. The highest BCUT2D eigenvalue weighted by atomic mass is 79.9. The van der Waals surface area contributed by atoms with Crippen molar-refractivity contribution in [2.24, 2.45) is 0 Å². The molecular formula is C12H11BrN2O4S2. The van der Waals surface area contributed by atoms with Crippen molar-refractivity contribution in [2.45, 2.75) is 11.4 Å². The van der Waals surface area contributed by atoms with Crippen molar-refractivity contribution >= 4 is 48.5 Å². The lowest BCUT2D eigenvalue weighted by Gasteiger charge is -2.07. The maximum absolute atomic E-state index is 11.5. The molecular weight excluding hydrogens is 380 g/mol. The van der Waals surface area contributed by atoms with Crippen molar-refractivity contribution in [2.75, 3.05) is 11.6 Å². The zero-order chi connectivity index (χ0) is 15.6. The van der Waals surface area contributed by atoms with E-state index < -0.39 is 14.8 Å². The Hall–Kier alpha value is -1.45. The summed E-state index contributed by atoms with van der Waals surface area (Å²) in [5.74, 6) is 0. The summed E-state index contributed by atoms with van der Waals surface area (Å²) >= 11 is 4.85. The van der Waals surface area contributed by atoms with Crippen LogP contribution < -0.4 is 5.32 Å². The van der Waals surface area contributed by atoms with E-state index in [4.69, 9.17) is 0 Å². The summed E-state index contributed by atoms with van der Waals surface area (Å²) in [6.07, 6.45) is 1.02. The number of sulfone groups is 1. The van der Waals surface area contributed by atoms with Crippen LogP contribution in [-0.2, 0) is 16.4 Å². The van der Waals surface area contributed by atoms with E-state index in [-0.39, 0.29) is 16.3 Å². The van der Waals surface area contributed by atoms with Gasteiger partial charge in [0.15, 0.2) is 9.84 Å². The number of benzene rings is 1. The number of thiophene rings is 1. The number of hydrogen-bond donors (Lipinski definition) is 1. The van der Waals surface area contributed by atoms with Crippen LogP contribution in [0, 0.1) is 10.1 Å². The molecule has 21 heavy (non-hydrogen) atoms. The molecule has 0 amide bonds. The Kier molecular flexibility index (Phi) is 4.64. The van der Waals surface area contributed by atoms with Crippen LogP contribution in [0.3, 0.4) is 0 Å². The lowest BCUT2D eigenvalue weighted by molar-refractivity contribution is -0.384. The molecule has 0 atom stereocenters. The predicted molar refractivity (Wildman–Crippen MR) is 85.6 cm³/mol. The minimum absolute atomic E-state index is 0.0707. The average molecular weight is 391 g/mol. The summed E-state index contributed by atoms with van der Waals surface area (Å²) < 4.78 is 23.9. The van der Waals surface area contributed by atoms with Crippen molar-refractivity contribution in [3.8, 4) is 0 Å². The van der Waals surface area contributed by atoms with Crippen molar-refractivity contribution in [1.82, 2.24) is 0 Å². The summed E-state index contributed by atoms with van der Waals surface area (Å²) in [6.45, 7) is 0.426. The topological polar surface area (TPSA) is 89.3 Å². The molecule has 9 heteroatoms. The predicted octanol–water partition coefficient (Wildman–Crippen LogP) is 3.43. The van der Waals surface area contributed by atoms with E-state index in [2.05, 4.69) is 21.2 Å². The fourth-order valence-corrected chi connectivity index (χ4v) is 3.70. The Morgan fingerprint density at radius 2 is 2.10 bits per heavy atom. The van der Waals surface area contributed by atoms with Crippen molar-refractivity contribution in [3.63, 3.8) is 0 Å². The summed E-state index contributed by atoms with van der Waals surface area (Å²) in [7, 11) is -3.48. The van der Waals surface area contributed by atoms with E-state index in [0.29, 0.717) is 6.54 Å². The molecule has 6 nitrogen and oxygen atoms in total. The second-order valence-electron chi connectivity index (χ2n) is 4.29. The Labute approximate surface area is 134 Å². The molecule has 2 aromatic rings. The first-order chi connectivity index (χ1) is 9.77. The molecule has 1 aromatic heterocycles. The Balaban J connectivity index is 2.28. The number of nitro groups is 1.